The van der Waals surface area contributed by atoms with E-state index >= 15 is 0 Å². The molecule has 0 aliphatic carbocycles. The third kappa shape index (κ3) is 2.35. The molecule has 0 aromatic carbocycles. The molecule has 2 N–H and O–H groups in total. The largest absolute Gasteiger partial charge is 0.336 e. The monoisotopic (exact) mass is 140 g/mol. The molecule has 56 valence electrons. The molecular weight excluding hydrogens is 128 g/mol. The summed E-state index contributed by atoms with van der Waals surface area (Å²) in [4.78, 5) is 10.5. The number of hydrogen-bond donors (Lipinski definition) is 1. The Kier molecular flexibility index (Phi) is 4.04. The van der Waals surface area contributed by atoms with Crippen LogP contribution in [-0.2, 0) is 0 Å². The smallest absolute Gasteiger partial charge is 0.268 e. The molecule has 0 amide bonds. The van der Waals surface area contributed by atoms with Gasteiger partial charge in [-0.15, -0.1) is 0 Å². The van der Waals surface area contributed by atoms with E-state index in [1.807, 2.05) is 13.8 Å². The number of rotatable bonds is 0. The maximum Gasteiger partial charge on any atom is 0.268 e. The molecule has 3 nitrogen and oxygen atoms in total. The molecule has 3 heteroatoms. The van der Waals surface area contributed by atoms with Gasteiger partial charge in [0.25, 0.3) is 5.56 Å². The van der Waals surface area contributed by atoms with Gasteiger partial charge in [-0.2, -0.15) is 0 Å². The molecule has 0 aliphatic rings. The number of aromatic nitrogens is 1. The van der Waals surface area contributed by atoms with Gasteiger partial charge in [0.2, 0.25) is 0 Å². The molecule has 1 rings (SSSR count). The van der Waals surface area contributed by atoms with E-state index in [4.69, 9.17) is 5.84 Å². The van der Waals surface area contributed by atoms with E-state index in [-0.39, 0.29) is 5.56 Å². The van der Waals surface area contributed by atoms with Gasteiger partial charge >= 0.3 is 0 Å². The minimum absolute atomic E-state index is 0.187. The van der Waals surface area contributed by atoms with Crippen molar-refractivity contribution in [3.8, 4) is 0 Å². The van der Waals surface area contributed by atoms with Crippen LogP contribution in [-0.4, -0.2) is 4.68 Å². The quantitative estimate of drug-likeness (QED) is 0.536. The highest BCUT2D eigenvalue weighted by atomic mass is 16.1. The average molecular weight is 140 g/mol. The molecule has 0 radical (unpaired) electrons. The summed E-state index contributed by atoms with van der Waals surface area (Å²) in [5, 5.41) is 0. The van der Waals surface area contributed by atoms with E-state index in [1.165, 1.54) is 12.3 Å². The molecule has 0 fully saturated rings. The maximum atomic E-state index is 10.5. The highest BCUT2D eigenvalue weighted by Crippen LogP contribution is 1.70. The van der Waals surface area contributed by atoms with Crippen LogP contribution in [0.15, 0.2) is 29.2 Å². The van der Waals surface area contributed by atoms with Gasteiger partial charge < -0.3 is 5.84 Å². The molecular formula is C7H12N2O. The van der Waals surface area contributed by atoms with Crippen LogP contribution in [0.5, 0.6) is 0 Å². The fourth-order valence-electron chi connectivity index (χ4n) is 0.440. The third-order valence-corrected chi connectivity index (χ3v) is 0.851. The SMILES string of the molecule is CC.Nn1ccccc1=O. The van der Waals surface area contributed by atoms with Crippen LogP contribution in [0.4, 0.5) is 0 Å². The summed E-state index contributed by atoms with van der Waals surface area (Å²) in [7, 11) is 0. The first-order valence-corrected chi connectivity index (χ1v) is 3.23. The zero-order chi connectivity index (χ0) is 7.98. The van der Waals surface area contributed by atoms with E-state index in [2.05, 4.69) is 0 Å². The van der Waals surface area contributed by atoms with Crippen LogP contribution in [0, 0.1) is 0 Å². The van der Waals surface area contributed by atoms with E-state index in [9.17, 15) is 4.79 Å². The highest BCUT2D eigenvalue weighted by Gasteiger charge is 1.80. The number of pyridine rings is 1. The fourth-order valence-corrected chi connectivity index (χ4v) is 0.440. The standard InChI is InChI=1S/C5H6N2O.C2H6/c6-7-4-2-1-3-5(7)8;1-2/h1-4H,6H2;1-2H3. The van der Waals surface area contributed by atoms with Crippen molar-refractivity contribution in [2.24, 2.45) is 0 Å². The first kappa shape index (κ1) is 8.75. The average Bonchev–Trinajstić information content (AvgIpc) is 2.00. The van der Waals surface area contributed by atoms with Gasteiger partial charge in [0, 0.05) is 12.3 Å². The minimum atomic E-state index is -0.187. The first-order chi connectivity index (χ1) is 4.80. The van der Waals surface area contributed by atoms with Gasteiger partial charge in [0.1, 0.15) is 0 Å². The van der Waals surface area contributed by atoms with Crippen molar-refractivity contribution in [3.05, 3.63) is 34.7 Å². The Labute approximate surface area is 60.1 Å². The second-order valence-electron chi connectivity index (χ2n) is 1.45. The third-order valence-electron chi connectivity index (χ3n) is 0.851. The Bertz CT molecular complexity index is 229. The molecule has 1 aromatic rings. The van der Waals surface area contributed by atoms with E-state index in [0.29, 0.717) is 0 Å². The zero-order valence-electron chi connectivity index (χ0n) is 6.24. The fraction of sp³-hybridized carbons (Fsp3) is 0.286. The van der Waals surface area contributed by atoms with Gasteiger partial charge in [0.15, 0.2) is 0 Å². The van der Waals surface area contributed by atoms with Crippen molar-refractivity contribution >= 4 is 0 Å². The van der Waals surface area contributed by atoms with E-state index in [1.54, 1.807) is 12.1 Å². The summed E-state index contributed by atoms with van der Waals surface area (Å²) >= 11 is 0. The summed E-state index contributed by atoms with van der Waals surface area (Å²) in [6.45, 7) is 4.00. The van der Waals surface area contributed by atoms with Crippen molar-refractivity contribution in [1.29, 1.82) is 0 Å². The van der Waals surface area contributed by atoms with Crippen molar-refractivity contribution < 1.29 is 0 Å². The summed E-state index contributed by atoms with van der Waals surface area (Å²) in [5.74, 6) is 5.12. The van der Waals surface area contributed by atoms with E-state index < -0.39 is 0 Å². The summed E-state index contributed by atoms with van der Waals surface area (Å²) < 4.78 is 1.03. The van der Waals surface area contributed by atoms with Crippen LogP contribution >= 0.6 is 0 Å². The molecule has 0 unspecified atom stereocenters. The molecule has 0 bridgehead atoms. The van der Waals surface area contributed by atoms with Gasteiger partial charge in [-0.3, -0.25) is 4.79 Å². The van der Waals surface area contributed by atoms with Gasteiger partial charge in [-0.05, 0) is 6.07 Å². The van der Waals surface area contributed by atoms with Crippen LogP contribution in [0.3, 0.4) is 0 Å². The van der Waals surface area contributed by atoms with Crippen LogP contribution in [0.25, 0.3) is 0 Å². The lowest BCUT2D eigenvalue weighted by Crippen LogP contribution is -2.24. The lowest BCUT2D eigenvalue weighted by atomic mass is 10.5. The summed E-state index contributed by atoms with van der Waals surface area (Å²) in [6.07, 6.45) is 1.50. The normalized spacial score (nSPS) is 7.80. The summed E-state index contributed by atoms with van der Waals surface area (Å²) in [5.41, 5.74) is -0.187. The zero-order valence-corrected chi connectivity index (χ0v) is 6.24. The minimum Gasteiger partial charge on any atom is -0.336 e. The molecule has 0 aliphatic heterocycles. The van der Waals surface area contributed by atoms with Crippen molar-refractivity contribution in [1.82, 2.24) is 4.68 Å². The number of nitrogens with zero attached hydrogens (tertiary/aromatic N) is 1. The van der Waals surface area contributed by atoms with Crippen LogP contribution in [0.2, 0.25) is 0 Å². The van der Waals surface area contributed by atoms with Crippen molar-refractivity contribution in [2.45, 2.75) is 13.8 Å². The number of nitrogen functional groups attached to an aromatic ring is 1. The predicted molar refractivity (Wildman–Crippen MR) is 42.2 cm³/mol. The number of hydrogen-bond acceptors (Lipinski definition) is 2. The topological polar surface area (TPSA) is 48.0 Å². The van der Waals surface area contributed by atoms with Gasteiger partial charge in [0.05, 0.1) is 0 Å². The van der Waals surface area contributed by atoms with E-state index in [0.717, 1.165) is 4.68 Å². The predicted octanol–water partition coefficient (Wildman–Crippen LogP) is 0.588. The van der Waals surface area contributed by atoms with Crippen LogP contribution in [0.1, 0.15) is 13.8 Å². The van der Waals surface area contributed by atoms with Crippen LogP contribution < -0.4 is 11.4 Å². The second-order valence-corrected chi connectivity index (χ2v) is 1.45. The second kappa shape index (κ2) is 4.61. The Morgan fingerprint density at radius 2 is 2.00 bits per heavy atom. The lowest BCUT2D eigenvalue weighted by molar-refractivity contribution is 0.937. The maximum absolute atomic E-state index is 10.5. The van der Waals surface area contributed by atoms with Crippen molar-refractivity contribution in [2.75, 3.05) is 5.84 Å². The summed E-state index contributed by atoms with van der Waals surface area (Å²) in [6, 6.07) is 4.74. The molecule has 0 saturated heterocycles. The molecule has 10 heavy (non-hydrogen) atoms. The van der Waals surface area contributed by atoms with Crippen molar-refractivity contribution in [3.63, 3.8) is 0 Å². The molecule has 0 spiro atoms. The Hall–Kier alpha value is -1.25. The number of nitrogens with two attached hydrogens (primary N) is 1. The highest BCUT2D eigenvalue weighted by molar-refractivity contribution is 4.92. The lowest BCUT2D eigenvalue weighted by Gasteiger charge is -1.89. The Morgan fingerprint density at radius 1 is 1.40 bits per heavy atom. The first-order valence-electron chi connectivity index (χ1n) is 3.23. The molecule has 0 saturated carbocycles. The Morgan fingerprint density at radius 3 is 2.30 bits per heavy atom. The van der Waals surface area contributed by atoms with Gasteiger partial charge in [-0.1, -0.05) is 19.9 Å². The van der Waals surface area contributed by atoms with Gasteiger partial charge in [-0.25, -0.2) is 4.68 Å². The molecule has 1 aromatic heterocycles. The Balaban J connectivity index is 0.000000371. The molecule has 1 heterocycles. The molecule has 0 atom stereocenters.